The standard InChI is InChI=1S/C16H28N4OS/c1-12(11-21-3)19-16(17-2)18-10-6-9-15-20-13-7-4-5-8-14(13)22-15/h12H,4-11H2,1-3H3,(H2,17,18,19). The van der Waals surface area contributed by atoms with Crippen molar-refractivity contribution in [2.45, 2.75) is 51.5 Å². The quantitative estimate of drug-likeness (QED) is 0.458. The molecule has 0 spiro atoms. The smallest absolute Gasteiger partial charge is 0.191 e. The van der Waals surface area contributed by atoms with Gasteiger partial charge >= 0.3 is 0 Å². The molecule has 1 atom stereocenters. The van der Waals surface area contributed by atoms with Crippen molar-refractivity contribution in [1.29, 1.82) is 0 Å². The van der Waals surface area contributed by atoms with Crippen molar-refractivity contribution in [3.05, 3.63) is 15.6 Å². The van der Waals surface area contributed by atoms with Crippen LogP contribution < -0.4 is 10.6 Å². The Morgan fingerprint density at radius 1 is 1.41 bits per heavy atom. The molecule has 124 valence electrons. The van der Waals surface area contributed by atoms with Gasteiger partial charge in [-0.25, -0.2) is 4.98 Å². The molecule has 0 bridgehead atoms. The molecule has 6 heteroatoms. The van der Waals surface area contributed by atoms with Gasteiger partial charge in [-0.3, -0.25) is 4.99 Å². The second kappa shape index (κ2) is 9.10. The molecule has 1 aliphatic carbocycles. The van der Waals surface area contributed by atoms with Crippen molar-refractivity contribution in [2.75, 3.05) is 27.3 Å². The highest BCUT2D eigenvalue weighted by Crippen LogP contribution is 2.27. The normalized spacial score (nSPS) is 16.2. The van der Waals surface area contributed by atoms with Gasteiger partial charge in [0.1, 0.15) is 0 Å². The van der Waals surface area contributed by atoms with E-state index in [0.717, 1.165) is 25.3 Å². The van der Waals surface area contributed by atoms with Crippen LogP contribution in [-0.2, 0) is 24.0 Å². The summed E-state index contributed by atoms with van der Waals surface area (Å²) < 4.78 is 5.12. The van der Waals surface area contributed by atoms with Crippen LogP contribution in [0.25, 0.3) is 0 Å². The van der Waals surface area contributed by atoms with Crippen molar-refractivity contribution in [1.82, 2.24) is 15.6 Å². The molecule has 0 amide bonds. The lowest BCUT2D eigenvalue weighted by Gasteiger charge is -2.16. The van der Waals surface area contributed by atoms with E-state index >= 15 is 0 Å². The molecule has 1 unspecified atom stereocenters. The summed E-state index contributed by atoms with van der Waals surface area (Å²) in [5.74, 6) is 0.836. The minimum Gasteiger partial charge on any atom is -0.383 e. The van der Waals surface area contributed by atoms with E-state index in [1.165, 1.54) is 41.3 Å². The van der Waals surface area contributed by atoms with Gasteiger partial charge in [0.15, 0.2) is 5.96 Å². The van der Waals surface area contributed by atoms with Crippen molar-refractivity contribution in [3.63, 3.8) is 0 Å². The summed E-state index contributed by atoms with van der Waals surface area (Å²) >= 11 is 1.92. The number of aliphatic imine (C=N–C) groups is 1. The zero-order valence-electron chi connectivity index (χ0n) is 13.9. The first kappa shape index (κ1) is 17.2. The van der Waals surface area contributed by atoms with Crippen molar-refractivity contribution >= 4 is 17.3 Å². The predicted octanol–water partition coefficient (Wildman–Crippen LogP) is 2.15. The van der Waals surface area contributed by atoms with Gasteiger partial charge in [0.2, 0.25) is 0 Å². The molecule has 0 aliphatic heterocycles. The SMILES string of the molecule is CN=C(NCCCc1nc2c(s1)CCCC2)NC(C)COC. The minimum absolute atomic E-state index is 0.252. The number of fused-ring (bicyclic) bond motifs is 1. The molecule has 22 heavy (non-hydrogen) atoms. The monoisotopic (exact) mass is 324 g/mol. The van der Waals surface area contributed by atoms with Gasteiger partial charge in [0.25, 0.3) is 0 Å². The third-order valence-electron chi connectivity index (χ3n) is 3.77. The molecule has 0 saturated carbocycles. The van der Waals surface area contributed by atoms with Crippen LogP contribution in [0.3, 0.4) is 0 Å². The molecule has 1 aliphatic rings. The first-order valence-corrected chi connectivity index (χ1v) is 8.98. The van der Waals surface area contributed by atoms with Crippen LogP contribution in [0, 0.1) is 0 Å². The van der Waals surface area contributed by atoms with Gasteiger partial charge in [-0.15, -0.1) is 11.3 Å². The molecule has 0 fully saturated rings. The lowest BCUT2D eigenvalue weighted by molar-refractivity contribution is 0.179. The number of methoxy groups -OCH3 is 1. The number of ether oxygens (including phenoxy) is 1. The van der Waals surface area contributed by atoms with Gasteiger partial charge in [-0.2, -0.15) is 0 Å². The number of hydrogen-bond acceptors (Lipinski definition) is 4. The summed E-state index contributed by atoms with van der Waals surface area (Å²) in [6, 6.07) is 0.252. The van der Waals surface area contributed by atoms with Gasteiger partial charge in [-0.05, 0) is 39.0 Å². The molecule has 0 radical (unpaired) electrons. The zero-order valence-corrected chi connectivity index (χ0v) is 14.8. The van der Waals surface area contributed by atoms with Crippen molar-refractivity contribution in [2.24, 2.45) is 4.99 Å². The highest BCUT2D eigenvalue weighted by molar-refractivity contribution is 7.11. The Morgan fingerprint density at radius 2 is 2.23 bits per heavy atom. The molecular formula is C16H28N4OS. The number of nitrogens with one attached hydrogen (secondary N) is 2. The number of nitrogens with zero attached hydrogens (tertiary/aromatic N) is 2. The number of guanidine groups is 1. The molecule has 2 N–H and O–H groups in total. The molecule has 1 aromatic heterocycles. The fourth-order valence-electron chi connectivity index (χ4n) is 2.68. The lowest BCUT2D eigenvalue weighted by Crippen LogP contribution is -2.44. The van der Waals surface area contributed by atoms with Crippen LogP contribution in [0.5, 0.6) is 0 Å². The van der Waals surface area contributed by atoms with Gasteiger partial charge < -0.3 is 15.4 Å². The van der Waals surface area contributed by atoms with Gasteiger partial charge in [0.05, 0.1) is 17.3 Å². The number of thiazole rings is 1. The Morgan fingerprint density at radius 3 is 2.95 bits per heavy atom. The topological polar surface area (TPSA) is 58.5 Å². The fraction of sp³-hybridized carbons (Fsp3) is 0.750. The van der Waals surface area contributed by atoms with Crippen LogP contribution in [0.1, 0.15) is 41.8 Å². The molecule has 0 saturated heterocycles. The average molecular weight is 324 g/mol. The highest BCUT2D eigenvalue weighted by Gasteiger charge is 2.14. The Bertz CT molecular complexity index is 463. The number of rotatable bonds is 7. The first-order valence-electron chi connectivity index (χ1n) is 8.16. The van der Waals surface area contributed by atoms with Gasteiger partial charge in [0, 0.05) is 38.0 Å². The van der Waals surface area contributed by atoms with Crippen molar-refractivity contribution in [3.8, 4) is 0 Å². The highest BCUT2D eigenvalue weighted by atomic mass is 32.1. The number of aryl methyl sites for hydroxylation is 3. The molecular weight excluding hydrogens is 296 g/mol. The minimum atomic E-state index is 0.252. The van der Waals surface area contributed by atoms with E-state index < -0.39 is 0 Å². The van der Waals surface area contributed by atoms with E-state index in [4.69, 9.17) is 9.72 Å². The van der Waals surface area contributed by atoms with Gasteiger partial charge in [-0.1, -0.05) is 0 Å². The van der Waals surface area contributed by atoms with E-state index in [-0.39, 0.29) is 6.04 Å². The Kier molecular flexibility index (Phi) is 7.12. The van der Waals surface area contributed by atoms with E-state index in [2.05, 4.69) is 22.5 Å². The molecule has 1 heterocycles. The second-order valence-corrected chi connectivity index (χ2v) is 6.96. The van der Waals surface area contributed by atoms with Crippen molar-refractivity contribution < 1.29 is 4.74 Å². The summed E-state index contributed by atoms with van der Waals surface area (Å²) in [6.45, 7) is 3.66. The molecule has 5 nitrogen and oxygen atoms in total. The summed E-state index contributed by atoms with van der Waals surface area (Å²) in [7, 11) is 3.51. The third-order valence-corrected chi connectivity index (χ3v) is 4.99. The number of aromatic nitrogens is 1. The predicted molar refractivity (Wildman–Crippen MR) is 92.9 cm³/mol. The largest absolute Gasteiger partial charge is 0.383 e. The maximum Gasteiger partial charge on any atom is 0.191 e. The molecule has 2 rings (SSSR count). The van der Waals surface area contributed by atoms with Crippen LogP contribution in [0.2, 0.25) is 0 Å². The zero-order chi connectivity index (χ0) is 15.8. The van der Waals surface area contributed by atoms with Crippen LogP contribution in [0.4, 0.5) is 0 Å². The Hall–Kier alpha value is -1.14. The molecule has 1 aromatic rings. The Labute approximate surface area is 137 Å². The van der Waals surface area contributed by atoms with Crippen LogP contribution in [0.15, 0.2) is 4.99 Å². The summed E-state index contributed by atoms with van der Waals surface area (Å²) in [5.41, 5.74) is 1.37. The number of hydrogen-bond donors (Lipinski definition) is 2. The maximum atomic E-state index is 5.12. The summed E-state index contributed by atoms with van der Waals surface area (Å²) in [5, 5.41) is 7.95. The van der Waals surface area contributed by atoms with E-state index in [9.17, 15) is 0 Å². The third kappa shape index (κ3) is 5.25. The Balaban J connectivity index is 1.68. The van der Waals surface area contributed by atoms with Crippen LogP contribution >= 0.6 is 11.3 Å². The first-order chi connectivity index (χ1) is 10.7. The molecule has 0 aromatic carbocycles. The fourth-order valence-corrected chi connectivity index (χ4v) is 3.88. The van der Waals surface area contributed by atoms with E-state index in [1.807, 2.05) is 11.3 Å². The van der Waals surface area contributed by atoms with Crippen LogP contribution in [-0.4, -0.2) is 44.3 Å². The maximum absolute atomic E-state index is 5.12. The lowest BCUT2D eigenvalue weighted by atomic mass is 10.0. The van der Waals surface area contributed by atoms with E-state index in [0.29, 0.717) is 6.61 Å². The second-order valence-electron chi connectivity index (χ2n) is 5.79. The average Bonchev–Trinajstić information content (AvgIpc) is 2.93. The summed E-state index contributed by atoms with van der Waals surface area (Å²) in [6.07, 6.45) is 7.18. The van der Waals surface area contributed by atoms with E-state index in [1.54, 1.807) is 14.2 Å². The summed E-state index contributed by atoms with van der Waals surface area (Å²) in [4.78, 5) is 10.6.